The van der Waals surface area contributed by atoms with Crippen molar-refractivity contribution in [2.24, 2.45) is 7.05 Å². The van der Waals surface area contributed by atoms with Gasteiger partial charge >= 0.3 is 0 Å². The number of rotatable bonds is 3. The minimum absolute atomic E-state index is 0.481. The maximum atomic E-state index is 6.04. The van der Waals surface area contributed by atoms with Crippen molar-refractivity contribution in [3.05, 3.63) is 30.9 Å². The van der Waals surface area contributed by atoms with Gasteiger partial charge in [-0.25, -0.2) is 15.0 Å². The Kier molecular flexibility index (Phi) is 2.98. The van der Waals surface area contributed by atoms with Crippen LogP contribution in [0, 0.1) is 0 Å². The van der Waals surface area contributed by atoms with E-state index in [4.69, 9.17) is 5.73 Å². The maximum Gasteiger partial charge on any atom is 0.133 e. The predicted molar refractivity (Wildman–Crippen MR) is 80.3 cm³/mol. The number of anilines is 2. The van der Waals surface area contributed by atoms with Crippen LogP contribution in [0.4, 0.5) is 11.6 Å². The molecule has 0 saturated carbocycles. The molecule has 6 heteroatoms. The number of pyridine rings is 2. The average molecular weight is 268 g/mol. The molecule has 3 rings (SSSR count). The van der Waals surface area contributed by atoms with Crippen LogP contribution >= 0.6 is 0 Å². The molecule has 6 nitrogen and oxygen atoms in total. The van der Waals surface area contributed by atoms with E-state index in [1.165, 1.54) is 0 Å². The molecule has 0 fully saturated rings. The first-order chi connectivity index (χ1) is 9.69. The van der Waals surface area contributed by atoms with E-state index in [1.807, 2.05) is 30.7 Å². The van der Waals surface area contributed by atoms with Crippen LogP contribution in [0.1, 0.15) is 6.92 Å². The topological polar surface area (TPSA) is 81.7 Å². The molecular formula is C14H16N6. The van der Waals surface area contributed by atoms with E-state index in [2.05, 4.69) is 20.3 Å². The summed E-state index contributed by atoms with van der Waals surface area (Å²) >= 11 is 0. The van der Waals surface area contributed by atoms with Crippen LogP contribution in [-0.4, -0.2) is 26.1 Å². The number of hydrogen-bond acceptors (Lipinski definition) is 5. The van der Waals surface area contributed by atoms with Gasteiger partial charge in [0.05, 0.1) is 23.9 Å². The molecule has 3 heterocycles. The van der Waals surface area contributed by atoms with Crippen LogP contribution in [0.2, 0.25) is 0 Å². The van der Waals surface area contributed by atoms with Gasteiger partial charge in [0, 0.05) is 25.2 Å². The van der Waals surface area contributed by atoms with Crippen molar-refractivity contribution in [2.45, 2.75) is 6.92 Å². The fourth-order valence-corrected chi connectivity index (χ4v) is 2.19. The standard InChI is InChI=1S/C14H16N6/c1-3-17-13-5-9-4-11(12-7-16-8-20(12)2)19-14(15)10(9)6-18-13/h4-8H,3H2,1-2H3,(H2,15,19)(H,17,18). The number of fused-ring (bicyclic) bond motifs is 1. The molecule has 3 N–H and O–H groups in total. The Hall–Kier alpha value is -2.63. The van der Waals surface area contributed by atoms with Gasteiger partial charge in [0.1, 0.15) is 11.6 Å². The number of nitrogens with one attached hydrogen (secondary N) is 1. The lowest BCUT2D eigenvalue weighted by molar-refractivity contribution is 0.917. The summed E-state index contributed by atoms with van der Waals surface area (Å²) in [6.45, 7) is 2.86. The van der Waals surface area contributed by atoms with Gasteiger partial charge in [-0.15, -0.1) is 0 Å². The Labute approximate surface area is 116 Å². The van der Waals surface area contributed by atoms with Crippen molar-refractivity contribution in [1.29, 1.82) is 0 Å². The molecule has 0 aliphatic heterocycles. The van der Waals surface area contributed by atoms with Gasteiger partial charge in [-0.3, -0.25) is 0 Å². The second-order valence-corrected chi connectivity index (χ2v) is 4.60. The number of nitrogens with two attached hydrogens (primary N) is 1. The summed E-state index contributed by atoms with van der Waals surface area (Å²) in [5.41, 5.74) is 7.78. The van der Waals surface area contributed by atoms with E-state index < -0.39 is 0 Å². The van der Waals surface area contributed by atoms with Crippen LogP contribution in [0.25, 0.3) is 22.2 Å². The lowest BCUT2D eigenvalue weighted by Crippen LogP contribution is -2.01. The summed E-state index contributed by atoms with van der Waals surface area (Å²) < 4.78 is 1.92. The maximum absolute atomic E-state index is 6.04. The number of nitrogens with zero attached hydrogens (tertiary/aromatic N) is 4. The van der Waals surface area contributed by atoms with Gasteiger partial charge in [0.25, 0.3) is 0 Å². The van der Waals surface area contributed by atoms with E-state index in [0.717, 1.165) is 34.5 Å². The van der Waals surface area contributed by atoms with Crippen LogP contribution in [-0.2, 0) is 7.05 Å². The summed E-state index contributed by atoms with van der Waals surface area (Å²) in [6.07, 6.45) is 5.27. The van der Waals surface area contributed by atoms with Crippen LogP contribution in [0.5, 0.6) is 0 Å². The van der Waals surface area contributed by atoms with Crippen molar-refractivity contribution in [1.82, 2.24) is 19.5 Å². The monoisotopic (exact) mass is 268 g/mol. The highest BCUT2D eigenvalue weighted by molar-refractivity contribution is 5.94. The third-order valence-corrected chi connectivity index (χ3v) is 3.18. The van der Waals surface area contributed by atoms with E-state index in [1.54, 1.807) is 18.7 Å². The number of aromatic nitrogens is 4. The second-order valence-electron chi connectivity index (χ2n) is 4.60. The van der Waals surface area contributed by atoms with Crippen LogP contribution in [0.15, 0.2) is 30.9 Å². The van der Waals surface area contributed by atoms with Gasteiger partial charge < -0.3 is 15.6 Å². The predicted octanol–water partition coefficient (Wildman–Crippen LogP) is 2.04. The molecule has 0 atom stereocenters. The first-order valence-corrected chi connectivity index (χ1v) is 6.46. The molecule has 0 bridgehead atoms. The lowest BCUT2D eigenvalue weighted by atomic mass is 10.1. The molecule has 0 radical (unpaired) electrons. The van der Waals surface area contributed by atoms with Crippen molar-refractivity contribution < 1.29 is 0 Å². The number of imidazole rings is 1. The Balaban J connectivity index is 2.18. The lowest BCUT2D eigenvalue weighted by Gasteiger charge is -2.08. The van der Waals surface area contributed by atoms with Gasteiger partial charge in [-0.1, -0.05) is 0 Å². The zero-order chi connectivity index (χ0) is 14.1. The number of hydrogen-bond donors (Lipinski definition) is 2. The van der Waals surface area contributed by atoms with Crippen molar-refractivity contribution in [2.75, 3.05) is 17.6 Å². The third-order valence-electron chi connectivity index (χ3n) is 3.18. The highest BCUT2D eigenvalue weighted by Gasteiger charge is 2.09. The zero-order valence-corrected chi connectivity index (χ0v) is 11.5. The molecule has 3 aromatic rings. The summed E-state index contributed by atoms with van der Waals surface area (Å²) in [5.74, 6) is 1.32. The minimum Gasteiger partial charge on any atom is -0.383 e. The first-order valence-electron chi connectivity index (χ1n) is 6.46. The minimum atomic E-state index is 0.481. The van der Waals surface area contributed by atoms with Gasteiger partial charge in [-0.05, 0) is 24.4 Å². The van der Waals surface area contributed by atoms with E-state index >= 15 is 0 Å². The normalized spacial score (nSPS) is 10.9. The SMILES string of the molecule is CCNc1cc2cc(-c3cncn3C)nc(N)c2cn1. The first kappa shape index (κ1) is 12.4. The van der Waals surface area contributed by atoms with Crippen molar-refractivity contribution in [3.63, 3.8) is 0 Å². The molecule has 0 spiro atoms. The van der Waals surface area contributed by atoms with Crippen molar-refractivity contribution >= 4 is 22.4 Å². The number of nitrogen functional groups attached to an aromatic ring is 1. The van der Waals surface area contributed by atoms with Crippen molar-refractivity contribution in [3.8, 4) is 11.4 Å². The van der Waals surface area contributed by atoms with Crippen LogP contribution < -0.4 is 11.1 Å². The molecule has 0 aliphatic carbocycles. The Morgan fingerprint density at radius 2 is 2.15 bits per heavy atom. The Morgan fingerprint density at radius 1 is 1.30 bits per heavy atom. The number of aryl methyl sites for hydroxylation is 1. The van der Waals surface area contributed by atoms with E-state index in [9.17, 15) is 0 Å². The van der Waals surface area contributed by atoms with Gasteiger partial charge in [0.2, 0.25) is 0 Å². The fraction of sp³-hybridized carbons (Fsp3) is 0.214. The zero-order valence-electron chi connectivity index (χ0n) is 11.5. The molecule has 0 saturated heterocycles. The third kappa shape index (κ3) is 2.05. The van der Waals surface area contributed by atoms with Gasteiger partial charge in [0.15, 0.2) is 0 Å². The highest BCUT2D eigenvalue weighted by atomic mass is 15.0. The molecule has 0 unspecified atom stereocenters. The molecule has 102 valence electrons. The summed E-state index contributed by atoms with van der Waals surface area (Å²) in [4.78, 5) is 12.9. The smallest absolute Gasteiger partial charge is 0.133 e. The largest absolute Gasteiger partial charge is 0.383 e. The second kappa shape index (κ2) is 4.80. The molecule has 0 aliphatic rings. The average Bonchev–Trinajstić information content (AvgIpc) is 2.85. The fourth-order valence-electron chi connectivity index (χ4n) is 2.19. The Morgan fingerprint density at radius 3 is 2.85 bits per heavy atom. The molecule has 3 aromatic heterocycles. The molecule has 0 amide bonds. The molecular weight excluding hydrogens is 252 g/mol. The highest BCUT2D eigenvalue weighted by Crippen LogP contribution is 2.26. The molecule has 0 aromatic carbocycles. The molecule has 20 heavy (non-hydrogen) atoms. The van der Waals surface area contributed by atoms with E-state index in [0.29, 0.717) is 5.82 Å². The summed E-state index contributed by atoms with van der Waals surface area (Å²) in [7, 11) is 1.93. The quantitative estimate of drug-likeness (QED) is 0.759. The van der Waals surface area contributed by atoms with E-state index in [-0.39, 0.29) is 0 Å². The summed E-state index contributed by atoms with van der Waals surface area (Å²) in [5, 5.41) is 5.07. The summed E-state index contributed by atoms with van der Waals surface area (Å²) in [6, 6.07) is 3.99. The van der Waals surface area contributed by atoms with Crippen LogP contribution in [0.3, 0.4) is 0 Å². The van der Waals surface area contributed by atoms with Gasteiger partial charge in [-0.2, -0.15) is 0 Å². The Bertz CT molecular complexity index is 761.